The van der Waals surface area contributed by atoms with Crippen molar-refractivity contribution in [3.05, 3.63) is 42.5 Å². The number of hydrogen-bond donors (Lipinski definition) is 2. The summed E-state index contributed by atoms with van der Waals surface area (Å²) in [6.45, 7) is 0. The summed E-state index contributed by atoms with van der Waals surface area (Å²) in [5.74, 6) is 1.66. The van der Waals surface area contributed by atoms with Gasteiger partial charge < -0.3 is 10.2 Å². The highest BCUT2D eigenvalue weighted by atomic mass is 16.2. The van der Waals surface area contributed by atoms with Crippen molar-refractivity contribution in [3.8, 4) is 0 Å². The van der Waals surface area contributed by atoms with Gasteiger partial charge in [-0.2, -0.15) is 0 Å². The van der Waals surface area contributed by atoms with Crippen LogP contribution in [0.15, 0.2) is 36.8 Å². The van der Waals surface area contributed by atoms with E-state index in [4.69, 9.17) is 0 Å². The van der Waals surface area contributed by atoms with E-state index in [-0.39, 0.29) is 12.1 Å². The quantitative estimate of drug-likeness (QED) is 0.884. The maximum Gasteiger partial charge on any atom is 0.320 e. The summed E-state index contributed by atoms with van der Waals surface area (Å²) >= 11 is 0. The minimum atomic E-state index is -0.282. The zero-order valence-corrected chi connectivity index (χ0v) is 13.2. The molecule has 23 heavy (non-hydrogen) atoms. The summed E-state index contributed by atoms with van der Waals surface area (Å²) < 4.78 is 0. The molecule has 1 aliphatic carbocycles. The number of rotatable bonds is 5. The molecule has 1 fully saturated rings. The van der Waals surface area contributed by atoms with Crippen LogP contribution in [0.1, 0.15) is 24.6 Å². The van der Waals surface area contributed by atoms with Crippen LogP contribution in [0.5, 0.6) is 0 Å². The maximum absolute atomic E-state index is 12.3. The van der Waals surface area contributed by atoms with Crippen LogP contribution in [-0.4, -0.2) is 35.1 Å². The van der Waals surface area contributed by atoms with Crippen molar-refractivity contribution in [3.63, 3.8) is 0 Å². The van der Waals surface area contributed by atoms with Crippen LogP contribution in [0.4, 0.5) is 16.4 Å². The van der Waals surface area contributed by atoms with E-state index in [2.05, 4.69) is 25.6 Å². The Morgan fingerprint density at radius 3 is 2.74 bits per heavy atom. The smallest absolute Gasteiger partial charge is 0.320 e. The highest BCUT2D eigenvalue weighted by molar-refractivity contribution is 5.88. The fourth-order valence-corrected chi connectivity index (χ4v) is 2.38. The van der Waals surface area contributed by atoms with Crippen molar-refractivity contribution < 1.29 is 4.79 Å². The Labute approximate surface area is 135 Å². The monoisotopic (exact) mass is 312 g/mol. The number of anilines is 2. The van der Waals surface area contributed by atoms with Crippen molar-refractivity contribution in [1.82, 2.24) is 20.3 Å². The van der Waals surface area contributed by atoms with E-state index in [1.807, 2.05) is 37.2 Å². The van der Waals surface area contributed by atoms with Gasteiger partial charge in [-0.3, -0.25) is 10.3 Å². The molecule has 0 bridgehead atoms. The third kappa shape index (κ3) is 3.94. The molecule has 0 radical (unpaired) electrons. The molecule has 1 saturated carbocycles. The summed E-state index contributed by atoms with van der Waals surface area (Å²) in [7, 11) is 3.77. The van der Waals surface area contributed by atoms with Crippen molar-refractivity contribution in [2.45, 2.75) is 18.9 Å². The second-order valence-electron chi connectivity index (χ2n) is 5.82. The largest absolute Gasteiger partial charge is 0.363 e. The van der Waals surface area contributed by atoms with Gasteiger partial charge >= 0.3 is 6.03 Å². The molecular formula is C16H20N6O. The average Bonchev–Trinajstić information content (AvgIpc) is 3.38. The first-order valence-electron chi connectivity index (χ1n) is 7.61. The van der Waals surface area contributed by atoms with Gasteiger partial charge in [0, 0.05) is 26.4 Å². The molecule has 120 valence electrons. The molecule has 1 aliphatic rings. The second kappa shape index (κ2) is 6.60. The number of carbonyl (C=O) groups excluding carboxylic acids is 1. The Morgan fingerprint density at radius 1 is 1.26 bits per heavy atom. The summed E-state index contributed by atoms with van der Waals surface area (Å²) in [6.07, 6.45) is 5.40. The first-order chi connectivity index (χ1) is 11.1. The maximum atomic E-state index is 12.3. The summed E-state index contributed by atoms with van der Waals surface area (Å²) in [6, 6.07) is 7.13. The molecule has 0 spiro atoms. The molecule has 7 heteroatoms. The SMILES string of the molecule is CN(C)c1cc(NC(=O)NC(c2ccccn2)C2CC2)ncn1. The Hall–Kier alpha value is -2.70. The van der Waals surface area contributed by atoms with Crippen LogP contribution in [0.25, 0.3) is 0 Å². The first-order valence-corrected chi connectivity index (χ1v) is 7.61. The standard InChI is InChI=1S/C16H20N6O/c1-22(2)14-9-13(18-10-19-14)20-16(23)21-15(11-6-7-11)12-5-3-4-8-17-12/h3-5,8-11,15H,6-7H2,1-2H3,(H2,18,19,20,21,23). The topological polar surface area (TPSA) is 83.0 Å². The van der Waals surface area contributed by atoms with Gasteiger partial charge in [-0.05, 0) is 30.9 Å². The molecule has 2 aromatic rings. The number of hydrogen-bond acceptors (Lipinski definition) is 5. The van der Waals surface area contributed by atoms with Gasteiger partial charge in [-0.1, -0.05) is 6.07 Å². The molecular weight excluding hydrogens is 292 g/mol. The van der Waals surface area contributed by atoms with Crippen LogP contribution in [0.2, 0.25) is 0 Å². The Kier molecular flexibility index (Phi) is 4.36. The lowest BCUT2D eigenvalue weighted by molar-refractivity contribution is 0.246. The molecule has 1 unspecified atom stereocenters. The number of carbonyl (C=O) groups is 1. The average molecular weight is 312 g/mol. The highest BCUT2D eigenvalue weighted by Gasteiger charge is 2.34. The van der Waals surface area contributed by atoms with Crippen LogP contribution >= 0.6 is 0 Å². The number of nitrogens with one attached hydrogen (secondary N) is 2. The van der Waals surface area contributed by atoms with E-state index in [0.29, 0.717) is 11.7 Å². The van der Waals surface area contributed by atoms with Gasteiger partial charge in [-0.25, -0.2) is 14.8 Å². The fraction of sp³-hybridized carbons (Fsp3) is 0.375. The fourth-order valence-electron chi connectivity index (χ4n) is 2.38. The molecule has 1 atom stereocenters. The summed E-state index contributed by atoms with van der Waals surface area (Å²) in [5, 5.41) is 5.77. The van der Waals surface area contributed by atoms with Gasteiger partial charge in [-0.15, -0.1) is 0 Å². The van der Waals surface area contributed by atoms with Gasteiger partial charge in [0.05, 0.1) is 11.7 Å². The molecule has 3 rings (SSSR count). The Bertz CT molecular complexity index is 671. The highest BCUT2D eigenvalue weighted by Crippen LogP contribution is 2.40. The van der Waals surface area contributed by atoms with Crippen LogP contribution in [0, 0.1) is 5.92 Å². The van der Waals surface area contributed by atoms with Gasteiger partial charge in [0.2, 0.25) is 0 Å². The van der Waals surface area contributed by atoms with Crippen molar-refractivity contribution in [2.24, 2.45) is 5.92 Å². The molecule has 0 aliphatic heterocycles. The number of urea groups is 1. The van der Waals surface area contributed by atoms with Crippen LogP contribution in [-0.2, 0) is 0 Å². The van der Waals surface area contributed by atoms with E-state index in [0.717, 1.165) is 24.4 Å². The summed E-state index contributed by atoms with van der Waals surface area (Å²) in [4.78, 5) is 26.7. The number of nitrogens with zero attached hydrogens (tertiary/aromatic N) is 4. The molecule has 2 amide bonds. The molecule has 2 aromatic heterocycles. The second-order valence-corrected chi connectivity index (χ2v) is 5.82. The van der Waals surface area contributed by atoms with Crippen LogP contribution in [0.3, 0.4) is 0 Å². The Balaban J connectivity index is 1.67. The third-order valence-corrected chi connectivity index (χ3v) is 3.74. The zero-order chi connectivity index (χ0) is 16.2. The molecule has 7 nitrogen and oxygen atoms in total. The number of aromatic nitrogens is 3. The number of pyridine rings is 1. The minimum Gasteiger partial charge on any atom is -0.363 e. The number of amides is 2. The molecule has 2 heterocycles. The van der Waals surface area contributed by atoms with Gasteiger partial charge in [0.1, 0.15) is 18.0 Å². The van der Waals surface area contributed by atoms with E-state index in [1.165, 1.54) is 6.33 Å². The lowest BCUT2D eigenvalue weighted by Gasteiger charge is -2.18. The normalized spacial score (nSPS) is 14.9. The zero-order valence-electron chi connectivity index (χ0n) is 13.2. The predicted molar refractivity (Wildman–Crippen MR) is 88.2 cm³/mol. The lowest BCUT2D eigenvalue weighted by atomic mass is 10.1. The van der Waals surface area contributed by atoms with E-state index >= 15 is 0 Å². The minimum absolute atomic E-state index is 0.0636. The summed E-state index contributed by atoms with van der Waals surface area (Å²) in [5.41, 5.74) is 0.891. The van der Waals surface area contributed by atoms with E-state index in [1.54, 1.807) is 12.3 Å². The Morgan fingerprint density at radius 2 is 2.09 bits per heavy atom. The van der Waals surface area contributed by atoms with Crippen molar-refractivity contribution in [1.29, 1.82) is 0 Å². The molecule has 0 aromatic carbocycles. The van der Waals surface area contributed by atoms with Gasteiger partial charge in [0.15, 0.2) is 0 Å². The van der Waals surface area contributed by atoms with E-state index < -0.39 is 0 Å². The molecule has 2 N–H and O–H groups in total. The first kappa shape index (κ1) is 15.2. The van der Waals surface area contributed by atoms with E-state index in [9.17, 15) is 4.79 Å². The molecule has 0 saturated heterocycles. The third-order valence-electron chi connectivity index (χ3n) is 3.74. The van der Waals surface area contributed by atoms with Gasteiger partial charge in [0.25, 0.3) is 0 Å². The van der Waals surface area contributed by atoms with Crippen molar-refractivity contribution in [2.75, 3.05) is 24.3 Å². The van der Waals surface area contributed by atoms with Crippen molar-refractivity contribution >= 4 is 17.7 Å². The lowest BCUT2D eigenvalue weighted by Crippen LogP contribution is -2.34. The van der Waals surface area contributed by atoms with Crippen LogP contribution < -0.4 is 15.5 Å². The predicted octanol–water partition coefficient (Wildman–Crippen LogP) is 2.21.